The second-order valence-corrected chi connectivity index (χ2v) is 7.86. The van der Waals surface area contributed by atoms with Crippen LogP contribution >= 0.6 is 11.6 Å². The van der Waals surface area contributed by atoms with Gasteiger partial charge >= 0.3 is 0 Å². The van der Waals surface area contributed by atoms with E-state index in [-0.39, 0.29) is 0 Å². The van der Waals surface area contributed by atoms with Gasteiger partial charge in [-0.25, -0.2) is 4.98 Å². The van der Waals surface area contributed by atoms with Crippen LogP contribution in [0, 0.1) is 5.92 Å². The van der Waals surface area contributed by atoms with Crippen molar-refractivity contribution in [2.45, 2.75) is 39.9 Å². The number of rotatable bonds is 5. The van der Waals surface area contributed by atoms with Gasteiger partial charge in [0.05, 0.1) is 17.7 Å². The summed E-state index contributed by atoms with van der Waals surface area (Å²) in [5.74, 6) is 0.612. The zero-order chi connectivity index (χ0) is 18.1. The molecule has 0 unspecified atom stereocenters. The maximum absolute atomic E-state index is 6.03. The highest BCUT2D eigenvalue weighted by atomic mass is 35.5. The van der Waals surface area contributed by atoms with E-state index in [1.165, 1.54) is 17.0 Å². The van der Waals surface area contributed by atoms with E-state index in [0.29, 0.717) is 5.92 Å². The number of hydrogen-bond acceptors (Lipinski definition) is 3. The van der Waals surface area contributed by atoms with Crippen LogP contribution in [0.4, 0.5) is 0 Å². The first-order chi connectivity index (χ1) is 12.6. The molecule has 0 saturated carbocycles. The van der Waals surface area contributed by atoms with Crippen molar-refractivity contribution in [3.05, 3.63) is 58.8 Å². The van der Waals surface area contributed by atoms with Gasteiger partial charge in [0.15, 0.2) is 0 Å². The van der Waals surface area contributed by atoms with Crippen molar-refractivity contribution < 1.29 is 0 Å². The molecule has 3 heterocycles. The predicted molar refractivity (Wildman–Crippen MR) is 104 cm³/mol. The monoisotopic (exact) mass is 369 g/mol. The maximum atomic E-state index is 6.03. The Kier molecular flexibility index (Phi) is 4.83. The summed E-state index contributed by atoms with van der Waals surface area (Å²) in [5.41, 5.74) is 5.98. The largest absolute Gasteiger partial charge is 0.333 e. The van der Waals surface area contributed by atoms with E-state index in [1.54, 1.807) is 0 Å². The topological polar surface area (TPSA) is 49.7 Å². The van der Waals surface area contributed by atoms with Crippen molar-refractivity contribution in [3.8, 4) is 11.3 Å². The van der Waals surface area contributed by atoms with Gasteiger partial charge in [-0.15, -0.1) is 0 Å². The standard InChI is InChI=1S/C20H24ClN5/c1-14(2)10-26-13-22-9-17(26)11-25-8-7-19-18(12-25)20(24-23-19)15-3-5-16(21)6-4-15/h3-6,9,13-14H,7-8,10-12H2,1-2H3,(H,23,24). The first kappa shape index (κ1) is 17.3. The van der Waals surface area contributed by atoms with Crippen LogP contribution in [0.5, 0.6) is 0 Å². The fraction of sp³-hybridized carbons (Fsp3) is 0.400. The highest BCUT2D eigenvalue weighted by molar-refractivity contribution is 6.30. The van der Waals surface area contributed by atoms with Gasteiger partial charge in [0.25, 0.3) is 0 Å². The molecule has 1 aliphatic heterocycles. The van der Waals surface area contributed by atoms with Gasteiger partial charge in [0.1, 0.15) is 0 Å². The molecule has 0 aliphatic carbocycles. The van der Waals surface area contributed by atoms with Crippen LogP contribution in [0.3, 0.4) is 0 Å². The number of imidazole rings is 1. The number of H-pyrrole nitrogens is 1. The van der Waals surface area contributed by atoms with E-state index in [2.05, 4.69) is 38.5 Å². The minimum atomic E-state index is 0.612. The van der Waals surface area contributed by atoms with Gasteiger partial charge in [0.2, 0.25) is 0 Å². The van der Waals surface area contributed by atoms with Gasteiger partial charge in [-0.1, -0.05) is 37.6 Å². The molecule has 2 aromatic heterocycles. The minimum Gasteiger partial charge on any atom is -0.333 e. The van der Waals surface area contributed by atoms with Crippen LogP contribution in [-0.2, 0) is 26.1 Å². The average Bonchev–Trinajstić information content (AvgIpc) is 3.22. The van der Waals surface area contributed by atoms with E-state index in [1.807, 2.05) is 36.8 Å². The summed E-state index contributed by atoms with van der Waals surface area (Å²) >= 11 is 6.03. The van der Waals surface area contributed by atoms with Gasteiger partial charge in [-0.2, -0.15) is 5.10 Å². The number of nitrogens with zero attached hydrogens (tertiary/aromatic N) is 4. The molecular formula is C20H24ClN5. The highest BCUT2D eigenvalue weighted by Gasteiger charge is 2.23. The lowest BCUT2D eigenvalue weighted by Gasteiger charge is -2.27. The van der Waals surface area contributed by atoms with Crippen LogP contribution in [0.1, 0.15) is 30.8 Å². The Morgan fingerprint density at radius 1 is 1.23 bits per heavy atom. The summed E-state index contributed by atoms with van der Waals surface area (Å²) in [4.78, 5) is 6.83. The fourth-order valence-electron chi connectivity index (χ4n) is 3.60. The minimum absolute atomic E-state index is 0.612. The molecule has 0 spiro atoms. The van der Waals surface area contributed by atoms with Crippen molar-refractivity contribution in [3.63, 3.8) is 0 Å². The van der Waals surface area contributed by atoms with E-state index in [0.717, 1.165) is 48.9 Å². The first-order valence-corrected chi connectivity index (χ1v) is 9.51. The van der Waals surface area contributed by atoms with Crippen molar-refractivity contribution in [1.82, 2.24) is 24.6 Å². The number of nitrogens with one attached hydrogen (secondary N) is 1. The number of halogens is 1. The molecule has 5 nitrogen and oxygen atoms in total. The summed E-state index contributed by atoms with van der Waals surface area (Å²) < 4.78 is 2.27. The molecule has 3 aromatic rings. The highest BCUT2D eigenvalue weighted by Crippen LogP contribution is 2.29. The van der Waals surface area contributed by atoms with Gasteiger partial charge < -0.3 is 4.57 Å². The van der Waals surface area contributed by atoms with Crippen molar-refractivity contribution in [1.29, 1.82) is 0 Å². The Labute approximate surface area is 159 Å². The van der Waals surface area contributed by atoms with Crippen LogP contribution < -0.4 is 0 Å². The smallest absolute Gasteiger partial charge is 0.0968 e. The number of benzene rings is 1. The third kappa shape index (κ3) is 3.55. The Morgan fingerprint density at radius 3 is 2.81 bits per heavy atom. The molecule has 6 heteroatoms. The Hall–Kier alpha value is -2.11. The summed E-state index contributed by atoms with van der Waals surface area (Å²) in [7, 11) is 0. The number of aromatic amines is 1. The Bertz CT molecular complexity index is 878. The number of aromatic nitrogens is 4. The summed E-state index contributed by atoms with van der Waals surface area (Å²) in [6.07, 6.45) is 4.93. The molecule has 0 fully saturated rings. The van der Waals surface area contributed by atoms with Crippen molar-refractivity contribution in [2.75, 3.05) is 6.54 Å². The van der Waals surface area contributed by atoms with Crippen LogP contribution in [0.15, 0.2) is 36.8 Å². The lowest BCUT2D eigenvalue weighted by Crippen LogP contribution is -2.31. The van der Waals surface area contributed by atoms with E-state index >= 15 is 0 Å². The third-order valence-electron chi connectivity index (χ3n) is 4.88. The normalized spacial score (nSPS) is 14.8. The SMILES string of the molecule is CC(C)Cn1cncc1CN1CCc2[nH]nc(-c3ccc(Cl)cc3)c2C1. The molecule has 0 radical (unpaired) electrons. The van der Waals surface area contributed by atoms with E-state index in [9.17, 15) is 0 Å². The molecule has 1 aromatic carbocycles. The molecule has 0 amide bonds. The van der Waals surface area contributed by atoms with E-state index < -0.39 is 0 Å². The lowest BCUT2D eigenvalue weighted by molar-refractivity contribution is 0.237. The summed E-state index contributed by atoms with van der Waals surface area (Å²) in [5, 5.41) is 8.55. The Balaban J connectivity index is 1.54. The molecule has 0 atom stereocenters. The Morgan fingerprint density at radius 2 is 2.04 bits per heavy atom. The first-order valence-electron chi connectivity index (χ1n) is 9.13. The fourth-order valence-corrected chi connectivity index (χ4v) is 3.73. The molecule has 0 bridgehead atoms. The summed E-state index contributed by atoms with van der Waals surface area (Å²) in [6.45, 7) is 8.33. The van der Waals surface area contributed by atoms with Crippen LogP contribution in [0.2, 0.25) is 5.02 Å². The number of fused-ring (bicyclic) bond motifs is 1. The summed E-state index contributed by atoms with van der Waals surface area (Å²) in [6, 6.07) is 7.91. The lowest BCUT2D eigenvalue weighted by atomic mass is 10.0. The maximum Gasteiger partial charge on any atom is 0.0968 e. The van der Waals surface area contributed by atoms with Crippen LogP contribution in [0.25, 0.3) is 11.3 Å². The molecule has 0 saturated heterocycles. The average molecular weight is 370 g/mol. The molecule has 1 aliphatic rings. The quantitative estimate of drug-likeness (QED) is 0.735. The van der Waals surface area contributed by atoms with Crippen molar-refractivity contribution in [2.24, 2.45) is 5.92 Å². The zero-order valence-corrected chi connectivity index (χ0v) is 16.0. The van der Waals surface area contributed by atoms with Gasteiger partial charge in [-0.3, -0.25) is 10.00 Å². The van der Waals surface area contributed by atoms with Gasteiger partial charge in [-0.05, 0) is 18.1 Å². The second-order valence-electron chi connectivity index (χ2n) is 7.43. The van der Waals surface area contributed by atoms with Crippen molar-refractivity contribution >= 4 is 11.6 Å². The number of hydrogen-bond donors (Lipinski definition) is 1. The third-order valence-corrected chi connectivity index (χ3v) is 5.13. The molecule has 26 heavy (non-hydrogen) atoms. The van der Waals surface area contributed by atoms with Crippen LogP contribution in [-0.4, -0.2) is 31.2 Å². The second kappa shape index (κ2) is 7.25. The molecule has 1 N–H and O–H groups in total. The molecule has 136 valence electrons. The van der Waals surface area contributed by atoms with Gasteiger partial charge in [0, 0.05) is 60.6 Å². The van der Waals surface area contributed by atoms with E-state index in [4.69, 9.17) is 11.6 Å². The molecule has 4 rings (SSSR count). The predicted octanol–water partition coefficient (Wildman–Crippen LogP) is 4.14. The molecular weight excluding hydrogens is 346 g/mol. The zero-order valence-electron chi connectivity index (χ0n) is 15.2.